The quantitative estimate of drug-likeness (QED) is 0.221. The fourth-order valence-corrected chi connectivity index (χ4v) is 7.23. The van der Waals surface area contributed by atoms with Crippen LogP contribution < -0.4 is 21.3 Å². The number of likely N-dealkylation sites (tertiary alicyclic amines) is 2. The van der Waals surface area contributed by atoms with E-state index in [0.29, 0.717) is 13.3 Å². The summed E-state index contributed by atoms with van der Waals surface area (Å²) in [5, 5.41) is 12.0. The van der Waals surface area contributed by atoms with Gasteiger partial charge >= 0.3 is 0 Å². The minimum Gasteiger partial charge on any atom is -0.343 e. The van der Waals surface area contributed by atoms with Gasteiger partial charge < -0.3 is 21.3 Å². The van der Waals surface area contributed by atoms with Crippen molar-refractivity contribution in [3.63, 3.8) is 0 Å². The van der Waals surface area contributed by atoms with E-state index in [1.807, 2.05) is 83.1 Å². The van der Waals surface area contributed by atoms with Crippen LogP contribution in [-0.2, 0) is 45.1 Å². The number of carbonyl (C=O) groups is 4. The number of nitrogens with one attached hydrogen (secondary N) is 4. The topological polar surface area (TPSA) is 129 Å². The van der Waals surface area contributed by atoms with E-state index in [2.05, 4.69) is 89.4 Å². The zero-order valence-corrected chi connectivity index (χ0v) is 41.5. The Morgan fingerprint density at radius 1 is 0.381 bits per heavy atom. The van der Waals surface area contributed by atoms with E-state index in [1.165, 1.54) is 54.4 Å². The van der Waals surface area contributed by atoms with Crippen molar-refractivity contribution in [2.45, 2.75) is 141 Å². The number of fused-ring (bicyclic) bond motifs is 2. The molecule has 6 rings (SSSR count). The van der Waals surface area contributed by atoms with Crippen molar-refractivity contribution in [1.29, 1.82) is 0 Å². The van der Waals surface area contributed by atoms with Crippen LogP contribution in [0.5, 0.6) is 0 Å². The maximum atomic E-state index is 11.8. The molecule has 4 N–H and O–H groups in total. The molecule has 0 bridgehead atoms. The third-order valence-electron chi connectivity index (χ3n) is 11.6. The molecule has 4 aliphatic heterocycles. The molecular weight excluding hydrogens is 789 g/mol. The molecule has 12 heteroatoms. The first-order chi connectivity index (χ1) is 29.4. The minimum atomic E-state index is -0.312. The Balaban J connectivity index is 0.000000226. The number of hydrogen-bond acceptors (Lipinski definition) is 8. The summed E-state index contributed by atoms with van der Waals surface area (Å²) in [6.07, 6.45) is 8.56. The average molecular weight is 875 g/mol. The van der Waals surface area contributed by atoms with E-state index >= 15 is 0 Å². The van der Waals surface area contributed by atoms with E-state index in [9.17, 15) is 19.2 Å². The molecule has 4 amide bonds. The summed E-state index contributed by atoms with van der Waals surface area (Å²) >= 11 is 0. The van der Waals surface area contributed by atoms with Crippen molar-refractivity contribution in [1.82, 2.24) is 40.9 Å². The molecule has 2 saturated heterocycles. The van der Waals surface area contributed by atoms with Crippen molar-refractivity contribution in [3.8, 4) is 0 Å². The summed E-state index contributed by atoms with van der Waals surface area (Å²) in [7, 11) is 0. The van der Waals surface area contributed by atoms with Gasteiger partial charge in [-0.1, -0.05) is 138 Å². The first-order valence-electron chi connectivity index (χ1n) is 23.6. The fourth-order valence-electron chi connectivity index (χ4n) is 7.23. The van der Waals surface area contributed by atoms with E-state index in [-0.39, 0.29) is 45.3 Å². The Hall–Kier alpha value is -3.84. The number of hydrogen-bond donors (Lipinski definition) is 4. The molecule has 0 radical (unpaired) electrons. The SMILES string of the molecule is CC(C)(C)C(=O)NCN1CCCC1.CC(C)(C)C(=O)NCN1CCCCC1.CC(C)(C)C(=O)NCN1CCc2ccccc2C1.CC(C)(C)C(=O)NCN1CCc2ccccc2C1. The minimum absolute atomic E-state index is 0.112. The second-order valence-corrected chi connectivity index (χ2v) is 21.8. The van der Waals surface area contributed by atoms with Crippen LogP contribution in [-0.4, -0.2) is 109 Å². The van der Waals surface area contributed by atoms with Gasteiger partial charge in [0.2, 0.25) is 23.6 Å². The van der Waals surface area contributed by atoms with Gasteiger partial charge in [-0.05, 0) is 87.0 Å². The van der Waals surface area contributed by atoms with Crippen LogP contribution in [0.4, 0.5) is 0 Å². The molecule has 4 heterocycles. The molecule has 0 unspecified atom stereocenters. The number of amides is 4. The predicted molar refractivity (Wildman–Crippen MR) is 257 cm³/mol. The number of benzene rings is 2. The molecule has 354 valence electrons. The van der Waals surface area contributed by atoms with Crippen molar-refractivity contribution >= 4 is 23.6 Å². The number of carbonyl (C=O) groups excluding carboxylic acids is 4. The van der Waals surface area contributed by atoms with E-state index in [0.717, 1.165) is 78.5 Å². The molecule has 0 spiro atoms. The number of piperidine rings is 1. The van der Waals surface area contributed by atoms with Crippen LogP contribution >= 0.6 is 0 Å². The van der Waals surface area contributed by atoms with Crippen LogP contribution in [0.15, 0.2) is 48.5 Å². The first kappa shape index (κ1) is 53.5. The Labute approximate surface area is 382 Å². The van der Waals surface area contributed by atoms with Gasteiger partial charge in [-0.25, -0.2) is 0 Å². The fraction of sp³-hybridized carbons (Fsp3) is 0.686. The van der Waals surface area contributed by atoms with E-state index in [1.54, 1.807) is 0 Å². The molecule has 0 aromatic heterocycles. The van der Waals surface area contributed by atoms with Gasteiger partial charge in [-0.2, -0.15) is 0 Å². The molecule has 0 saturated carbocycles. The lowest BCUT2D eigenvalue weighted by atomic mass is 9.96. The van der Waals surface area contributed by atoms with Crippen molar-refractivity contribution < 1.29 is 19.2 Å². The molecule has 4 aliphatic rings. The second-order valence-electron chi connectivity index (χ2n) is 21.8. The van der Waals surface area contributed by atoms with Gasteiger partial charge in [0.15, 0.2) is 0 Å². The van der Waals surface area contributed by atoms with Crippen LogP contribution in [0.2, 0.25) is 0 Å². The summed E-state index contributed by atoms with van der Waals surface area (Å²) in [6.45, 7) is 34.4. The molecule has 0 aliphatic carbocycles. The summed E-state index contributed by atoms with van der Waals surface area (Å²) in [4.78, 5) is 55.8. The summed E-state index contributed by atoms with van der Waals surface area (Å²) < 4.78 is 0. The number of nitrogens with zero attached hydrogens (tertiary/aromatic N) is 4. The van der Waals surface area contributed by atoms with Crippen molar-refractivity contribution in [2.24, 2.45) is 21.7 Å². The molecular formula is C51H86N8O4. The monoisotopic (exact) mass is 875 g/mol. The van der Waals surface area contributed by atoms with Crippen LogP contribution in [0.25, 0.3) is 0 Å². The van der Waals surface area contributed by atoms with Crippen LogP contribution in [0.1, 0.15) is 137 Å². The smallest absolute Gasteiger partial charge is 0.226 e. The lowest BCUT2D eigenvalue weighted by Gasteiger charge is -2.30. The Morgan fingerprint density at radius 3 is 0.921 bits per heavy atom. The number of rotatable bonds is 8. The largest absolute Gasteiger partial charge is 0.343 e. The highest BCUT2D eigenvalue weighted by atomic mass is 16.2. The molecule has 2 fully saturated rings. The first-order valence-corrected chi connectivity index (χ1v) is 23.6. The Bertz CT molecular complexity index is 1640. The van der Waals surface area contributed by atoms with Gasteiger partial charge in [-0.15, -0.1) is 0 Å². The standard InChI is InChI=1S/2C15H22N2O.C11H22N2O.C10H20N2O/c2*1-15(2,3)14(18)16-11-17-9-8-12-6-4-5-7-13(12)10-17;1-11(2,3)10(14)12-9-13-7-5-4-6-8-13;1-10(2,3)9(13)11-8-12-6-4-5-7-12/h2*4-7H,8-11H2,1-3H3,(H,16,18);4-9H2,1-3H3,(H,12,14);4-8H2,1-3H3,(H,11,13). The maximum Gasteiger partial charge on any atom is 0.226 e. The Morgan fingerprint density at radius 2 is 0.635 bits per heavy atom. The van der Waals surface area contributed by atoms with Crippen LogP contribution in [0, 0.1) is 21.7 Å². The summed E-state index contributed by atoms with van der Waals surface area (Å²) in [6, 6.07) is 17.1. The molecule has 0 atom stereocenters. The molecule has 12 nitrogen and oxygen atoms in total. The van der Waals surface area contributed by atoms with E-state index < -0.39 is 0 Å². The van der Waals surface area contributed by atoms with Gasteiger partial charge in [0, 0.05) is 47.8 Å². The summed E-state index contributed by atoms with van der Waals surface area (Å²) in [5.74, 6) is 0.505. The van der Waals surface area contributed by atoms with Crippen LogP contribution in [0.3, 0.4) is 0 Å². The highest BCUT2D eigenvalue weighted by Crippen LogP contribution is 2.20. The van der Waals surface area contributed by atoms with Gasteiger partial charge in [0.05, 0.1) is 26.7 Å². The highest BCUT2D eigenvalue weighted by molar-refractivity contribution is 5.82. The van der Waals surface area contributed by atoms with Gasteiger partial charge in [0.1, 0.15) is 0 Å². The lowest BCUT2D eigenvalue weighted by Crippen LogP contribution is -2.44. The third-order valence-corrected chi connectivity index (χ3v) is 11.6. The maximum absolute atomic E-state index is 11.8. The third kappa shape index (κ3) is 20.3. The molecule has 2 aromatic rings. The normalized spacial score (nSPS) is 17.5. The van der Waals surface area contributed by atoms with E-state index in [4.69, 9.17) is 0 Å². The van der Waals surface area contributed by atoms with Gasteiger partial charge in [0.25, 0.3) is 0 Å². The van der Waals surface area contributed by atoms with Gasteiger partial charge in [-0.3, -0.25) is 38.8 Å². The lowest BCUT2D eigenvalue weighted by molar-refractivity contribution is -0.130. The molecule has 63 heavy (non-hydrogen) atoms. The summed E-state index contributed by atoms with van der Waals surface area (Å²) in [5.41, 5.74) is 4.49. The Kier molecular flexibility index (Phi) is 21.2. The average Bonchev–Trinajstić information content (AvgIpc) is 3.76. The van der Waals surface area contributed by atoms with Crippen molar-refractivity contribution in [3.05, 3.63) is 70.8 Å². The predicted octanol–water partition coefficient (Wildman–Crippen LogP) is 7.12. The second kappa shape index (κ2) is 25.0. The molecule has 2 aromatic carbocycles. The zero-order chi connectivity index (χ0) is 46.8. The highest BCUT2D eigenvalue weighted by Gasteiger charge is 2.25. The zero-order valence-electron chi connectivity index (χ0n) is 41.5. The van der Waals surface area contributed by atoms with Crippen molar-refractivity contribution in [2.75, 3.05) is 65.9 Å².